The summed E-state index contributed by atoms with van der Waals surface area (Å²) in [5.74, 6) is 0.504. The van der Waals surface area contributed by atoms with Gasteiger partial charge in [-0.25, -0.2) is 0 Å². The minimum absolute atomic E-state index is 0.0925. The van der Waals surface area contributed by atoms with Gasteiger partial charge in [0.05, 0.1) is 0 Å². The Kier molecular flexibility index (Phi) is 7.43. The Hall–Kier alpha value is -0.357. The molecule has 167 valence electrons. The molecule has 0 aromatic heterocycles. The van der Waals surface area contributed by atoms with Crippen molar-refractivity contribution in [3.63, 3.8) is 0 Å². The standard InChI is InChI=1S/C28H37.2ClH.Zr/c1-10-18(2)21-13-20-12-11-19(3)26(25(20)16-21)22-14-23(27(4,5)6)17-24(15-22)28(7,8)9;;;/h11-18H,10H2,1-9H3;2*1H;/q;;;+2/p-2. The van der Waals surface area contributed by atoms with Crippen LogP contribution in [0.15, 0.2) is 35.9 Å². The molecule has 0 saturated heterocycles. The van der Waals surface area contributed by atoms with Crippen LogP contribution in [0.2, 0.25) is 0 Å². The van der Waals surface area contributed by atoms with Crippen LogP contribution in [0.25, 0.3) is 17.2 Å². The van der Waals surface area contributed by atoms with Gasteiger partial charge in [-0.05, 0) is 0 Å². The third kappa shape index (κ3) is 5.10. The van der Waals surface area contributed by atoms with Gasteiger partial charge in [0.2, 0.25) is 0 Å². The SMILES string of the molecule is CCC(C)C1=Cc2c(ccc(C)c2-c2cc(C(C)(C)C)cc(C(C)(C)C)c2)[CH]1[Zr]([Cl])[Cl]. The summed E-state index contributed by atoms with van der Waals surface area (Å²) in [6.07, 6.45) is 3.55. The van der Waals surface area contributed by atoms with Crippen LogP contribution >= 0.6 is 17.0 Å². The second-order valence-corrected chi connectivity index (χ2v) is 20.0. The molecule has 2 unspecified atom stereocenters. The predicted octanol–water partition coefficient (Wildman–Crippen LogP) is 9.67. The van der Waals surface area contributed by atoms with Gasteiger partial charge in [0.25, 0.3) is 0 Å². The van der Waals surface area contributed by atoms with E-state index in [1.165, 1.54) is 44.5 Å². The van der Waals surface area contributed by atoms with E-state index in [0.717, 1.165) is 6.42 Å². The zero-order chi connectivity index (χ0) is 23.3. The zero-order valence-corrected chi connectivity index (χ0v) is 24.6. The molecule has 1 aliphatic carbocycles. The molecule has 0 heterocycles. The van der Waals surface area contributed by atoms with Crippen molar-refractivity contribution in [3.8, 4) is 11.1 Å². The Bertz CT molecular complexity index is 971. The monoisotopic (exact) mass is 533 g/mol. The number of hydrogen-bond donors (Lipinski definition) is 0. The predicted molar refractivity (Wildman–Crippen MR) is 136 cm³/mol. The molecule has 3 rings (SSSR count). The number of benzene rings is 2. The molecule has 0 aliphatic heterocycles. The van der Waals surface area contributed by atoms with Crippen molar-refractivity contribution in [2.24, 2.45) is 5.92 Å². The second-order valence-electron chi connectivity index (χ2n) is 11.2. The molecule has 0 fully saturated rings. The Labute approximate surface area is 205 Å². The van der Waals surface area contributed by atoms with Gasteiger partial charge in [0.1, 0.15) is 0 Å². The first-order valence-electron chi connectivity index (χ1n) is 11.4. The number of allylic oxidation sites excluding steroid dienone is 1. The molecular weight excluding hydrogens is 498 g/mol. The minimum atomic E-state index is -2.53. The third-order valence-electron chi connectivity index (χ3n) is 6.80. The topological polar surface area (TPSA) is 0 Å². The van der Waals surface area contributed by atoms with E-state index in [1.807, 2.05) is 0 Å². The van der Waals surface area contributed by atoms with Crippen molar-refractivity contribution in [1.82, 2.24) is 0 Å². The molecule has 3 heteroatoms. The van der Waals surface area contributed by atoms with Crippen molar-refractivity contribution in [2.45, 2.75) is 83.2 Å². The number of hydrogen-bond acceptors (Lipinski definition) is 0. The maximum atomic E-state index is 6.74. The Morgan fingerprint density at radius 2 is 1.48 bits per heavy atom. The number of halogens is 2. The van der Waals surface area contributed by atoms with Gasteiger partial charge in [0, 0.05) is 0 Å². The van der Waals surface area contributed by atoms with E-state index in [2.05, 4.69) is 98.7 Å². The first-order valence-corrected chi connectivity index (χ1v) is 19.2. The number of fused-ring (bicyclic) bond motifs is 1. The summed E-state index contributed by atoms with van der Waals surface area (Å²) in [6.45, 7) is 20.6. The second kappa shape index (κ2) is 9.12. The van der Waals surface area contributed by atoms with Crippen molar-refractivity contribution in [3.05, 3.63) is 63.7 Å². The van der Waals surface area contributed by atoms with Gasteiger partial charge in [-0.1, -0.05) is 0 Å². The van der Waals surface area contributed by atoms with Crippen molar-refractivity contribution in [2.75, 3.05) is 0 Å². The molecule has 31 heavy (non-hydrogen) atoms. The van der Waals surface area contributed by atoms with Crippen LogP contribution < -0.4 is 0 Å². The molecule has 0 N–H and O–H groups in total. The van der Waals surface area contributed by atoms with Crippen molar-refractivity contribution >= 4 is 23.1 Å². The molecule has 2 aromatic rings. The summed E-state index contributed by atoms with van der Waals surface area (Å²) < 4.78 is 0.267. The zero-order valence-electron chi connectivity index (χ0n) is 20.6. The van der Waals surface area contributed by atoms with E-state index in [-0.39, 0.29) is 14.5 Å². The van der Waals surface area contributed by atoms with Crippen LogP contribution in [0.1, 0.15) is 93.3 Å². The molecular formula is C28H37Cl2Zr. The normalized spacial score (nSPS) is 17.4. The van der Waals surface area contributed by atoms with E-state index in [4.69, 9.17) is 17.0 Å². The van der Waals surface area contributed by atoms with Gasteiger partial charge < -0.3 is 0 Å². The molecule has 0 bridgehead atoms. The van der Waals surface area contributed by atoms with Gasteiger partial charge in [-0.2, -0.15) is 0 Å². The molecule has 0 radical (unpaired) electrons. The third-order valence-corrected chi connectivity index (χ3v) is 12.0. The van der Waals surface area contributed by atoms with Gasteiger partial charge >= 0.3 is 206 Å². The first-order chi connectivity index (χ1) is 14.3. The van der Waals surface area contributed by atoms with Gasteiger partial charge in [-0.3, -0.25) is 0 Å². The van der Waals surface area contributed by atoms with Crippen molar-refractivity contribution in [1.29, 1.82) is 0 Å². The van der Waals surface area contributed by atoms with E-state index >= 15 is 0 Å². The van der Waals surface area contributed by atoms with Gasteiger partial charge in [0.15, 0.2) is 0 Å². The summed E-state index contributed by atoms with van der Waals surface area (Å²) in [5, 5.41) is 0. The maximum absolute atomic E-state index is 6.74. The molecule has 0 nitrogen and oxygen atoms in total. The van der Waals surface area contributed by atoms with E-state index < -0.39 is 19.4 Å². The summed E-state index contributed by atoms with van der Waals surface area (Å²) in [4.78, 5) is 0. The quantitative estimate of drug-likeness (QED) is 0.366. The molecule has 2 aromatic carbocycles. The number of aryl methyl sites for hydroxylation is 1. The van der Waals surface area contributed by atoms with E-state index in [9.17, 15) is 0 Å². The summed E-state index contributed by atoms with van der Waals surface area (Å²) >= 11 is -2.53. The Morgan fingerprint density at radius 1 is 0.935 bits per heavy atom. The molecule has 0 amide bonds. The van der Waals surface area contributed by atoms with Crippen LogP contribution in [0, 0.1) is 12.8 Å². The van der Waals surface area contributed by atoms with Crippen LogP contribution in [-0.4, -0.2) is 0 Å². The van der Waals surface area contributed by atoms with Crippen molar-refractivity contribution < 1.29 is 19.4 Å². The first kappa shape index (κ1) is 25.3. The summed E-state index contributed by atoms with van der Waals surface area (Å²) in [6, 6.07) is 11.8. The average Bonchev–Trinajstić information content (AvgIpc) is 3.05. The van der Waals surface area contributed by atoms with E-state index in [1.54, 1.807) is 0 Å². The molecule has 2 atom stereocenters. The fourth-order valence-electron chi connectivity index (χ4n) is 4.51. The average molecular weight is 536 g/mol. The Morgan fingerprint density at radius 3 is 1.94 bits per heavy atom. The Balaban J connectivity index is 2.33. The number of rotatable bonds is 4. The summed E-state index contributed by atoms with van der Waals surface area (Å²) in [5.41, 5.74) is 11.1. The molecule has 0 saturated carbocycles. The molecule has 0 spiro atoms. The van der Waals surface area contributed by atoms with Crippen LogP contribution in [0.3, 0.4) is 0 Å². The van der Waals surface area contributed by atoms with Crippen LogP contribution in [-0.2, 0) is 30.2 Å². The fourth-order valence-corrected chi connectivity index (χ4v) is 10.1. The van der Waals surface area contributed by atoms with Crippen LogP contribution in [0.4, 0.5) is 0 Å². The van der Waals surface area contributed by atoms with E-state index in [0.29, 0.717) is 5.92 Å². The fraction of sp³-hybridized carbons (Fsp3) is 0.500. The summed E-state index contributed by atoms with van der Waals surface area (Å²) in [7, 11) is 13.5. The van der Waals surface area contributed by atoms with Crippen LogP contribution in [0.5, 0.6) is 0 Å². The van der Waals surface area contributed by atoms with Gasteiger partial charge in [-0.15, -0.1) is 0 Å². The molecule has 1 aliphatic rings.